The number of aliphatic carboxylic acids is 2. The van der Waals surface area contributed by atoms with Gasteiger partial charge >= 0.3 is 11.9 Å². The highest BCUT2D eigenvalue weighted by Gasteiger charge is 2.31. The van der Waals surface area contributed by atoms with E-state index >= 15 is 0 Å². The van der Waals surface area contributed by atoms with Gasteiger partial charge in [0.25, 0.3) is 0 Å². The van der Waals surface area contributed by atoms with E-state index in [-0.39, 0.29) is 18.6 Å². The molecule has 4 atom stereocenters. The number of benzene rings is 1. The van der Waals surface area contributed by atoms with Crippen molar-refractivity contribution in [1.29, 1.82) is 0 Å². The highest BCUT2D eigenvalue weighted by atomic mass is 16.4. The van der Waals surface area contributed by atoms with Gasteiger partial charge in [0.2, 0.25) is 17.7 Å². The minimum atomic E-state index is -1.80. The van der Waals surface area contributed by atoms with E-state index in [0.29, 0.717) is 11.3 Å². The predicted octanol–water partition coefficient (Wildman–Crippen LogP) is -2.77. The molecule has 0 aliphatic heterocycles. The molecule has 0 radical (unpaired) electrons. The van der Waals surface area contributed by atoms with E-state index in [1.54, 1.807) is 0 Å². The number of phenols is 1. The Bertz CT molecular complexity index is 1090. The second-order valence-electron chi connectivity index (χ2n) is 8.06. The van der Waals surface area contributed by atoms with Crippen LogP contribution in [0.4, 0.5) is 0 Å². The minimum Gasteiger partial charge on any atom is -0.508 e. The number of rotatable bonds is 14. The zero-order valence-corrected chi connectivity index (χ0v) is 19.5. The summed E-state index contributed by atoms with van der Waals surface area (Å²) in [7, 11) is 0. The number of aliphatic hydroxyl groups is 1. The normalized spacial score (nSPS) is 14.0. The summed E-state index contributed by atoms with van der Waals surface area (Å²) >= 11 is 0. The van der Waals surface area contributed by atoms with Gasteiger partial charge in [0.05, 0.1) is 25.4 Å². The van der Waals surface area contributed by atoms with Crippen molar-refractivity contribution in [3.8, 4) is 5.75 Å². The first-order chi connectivity index (χ1) is 17.5. The standard InChI is InChI=1S/C22H28N6O9/c23-14(6-12-8-24-10-25-12)19(33)26-15(5-11-1-3-13(30)4-2-11)20(34)28-17(9-29)21(35)27-16(22(36)37)7-18(31)32/h1-4,8,10,14-17,29-30H,5-7,9,23H2,(H,24,25)(H,26,33)(H,27,35)(H,28,34)(H,31,32)(H,36,37). The summed E-state index contributed by atoms with van der Waals surface area (Å²) < 4.78 is 0. The monoisotopic (exact) mass is 520 g/mol. The van der Waals surface area contributed by atoms with Crippen LogP contribution in [0.1, 0.15) is 17.7 Å². The number of carboxylic acid groups (broad SMARTS) is 2. The average Bonchev–Trinajstić information content (AvgIpc) is 3.35. The van der Waals surface area contributed by atoms with Gasteiger partial charge in [0, 0.05) is 24.7 Å². The van der Waals surface area contributed by atoms with E-state index in [9.17, 15) is 34.2 Å². The molecule has 1 heterocycles. The number of carboxylic acids is 2. The molecular formula is C22H28N6O9. The second-order valence-corrected chi connectivity index (χ2v) is 8.06. The van der Waals surface area contributed by atoms with Crippen molar-refractivity contribution in [2.75, 3.05) is 6.61 Å². The topological polar surface area (TPSA) is 257 Å². The second kappa shape index (κ2) is 13.6. The fourth-order valence-electron chi connectivity index (χ4n) is 3.20. The Morgan fingerprint density at radius 1 is 0.892 bits per heavy atom. The van der Waals surface area contributed by atoms with Crippen LogP contribution < -0.4 is 21.7 Å². The number of nitrogens with one attached hydrogen (secondary N) is 4. The van der Waals surface area contributed by atoms with Crippen molar-refractivity contribution in [3.63, 3.8) is 0 Å². The van der Waals surface area contributed by atoms with E-state index in [1.807, 2.05) is 5.32 Å². The molecule has 10 N–H and O–H groups in total. The lowest BCUT2D eigenvalue weighted by molar-refractivity contribution is -0.147. The summed E-state index contributed by atoms with van der Waals surface area (Å²) in [6.45, 7) is -0.948. The van der Waals surface area contributed by atoms with Crippen molar-refractivity contribution in [2.45, 2.75) is 43.4 Å². The van der Waals surface area contributed by atoms with Crippen molar-refractivity contribution in [1.82, 2.24) is 25.9 Å². The largest absolute Gasteiger partial charge is 0.508 e. The maximum atomic E-state index is 13.0. The molecule has 0 saturated heterocycles. The highest BCUT2D eigenvalue weighted by Crippen LogP contribution is 2.12. The smallest absolute Gasteiger partial charge is 0.326 e. The number of carbonyl (C=O) groups excluding carboxylic acids is 3. The van der Waals surface area contributed by atoms with Crippen molar-refractivity contribution >= 4 is 29.7 Å². The van der Waals surface area contributed by atoms with Crippen LogP contribution in [0.2, 0.25) is 0 Å². The van der Waals surface area contributed by atoms with Crippen LogP contribution in [0.5, 0.6) is 5.75 Å². The summed E-state index contributed by atoms with van der Waals surface area (Å²) in [4.78, 5) is 66.9. The fraction of sp³-hybridized carbons (Fsp3) is 0.364. The number of aliphatic hydroxyl groups excluding tert-OH is 1. The third-order valence-electron chi connectivity index (χ3n) is 5.15. The number of imidazole rings is 1. The number of nitrogens with two attached hydrogens (primary N) is 1. The van der Waals surface area contributed by atoms with Crippen molar-refractivity contribution < 1.29 is 44.4 Å². The van der Waals surface area contributed by atoms with Gasteiger partial charge in [-0.2, -0.15) is 0 Å². The van der Waals surface area contributed by atoms with Gasteiger partial charge in [-0.1, -0.05) is 12.1 Å². The first kappa shape index (κ1) is 28.7. The molecule has 15 heteroatoms. The summed E-state index contributed by atoms with van der Waals surface area (Å²) in [5.74, 6) is -5.89. The van der Waals surface area contributed by atoms with E-state index in [2.05, 4.69) is 20.6 Å². The number of carbonyl (C=O) groups is 5. The number of hydrogen-bond acceptors (Lipinski definition) is 9. The molecular weight excluding hydrogens is 492 g/mol. The third-order valence-corrected chi connectivity index (χ3v) is 5.15. The number of aromatic amines is 1. The van der Waals surface area contributed by atoms with Gasteiger partial charge < -0.3 is 47.1 Å². The summed E-state index contributed by atoms with van der Waals surface area (Å²) in [5.41, 5.74) is 7.04. The van der Waals surface area contributed by atoms with Crippen LogP contribution in [0.15, 0.2) is 36.8 Å². The van der Waals surface area contributed by atoms with Gasteiger partial charge in [0.15, 0.2) is 0 Å². The molecule has 0 spiro atoms. The number of amides is 3. The molecule has 0 aliphatic rings. The van der Waals surface area contributed by atoms with E-state index in [1.165, 1.54) is 36.8 Å². The lowest BCUT2D eigenvalue weighted by Crippen LogP contribution is -2.58. The van der Waals surface area contributed by atoms with Gasteiger partial charge in [-0.15, -0.1) is 0 Å². The molecule has 0 aliphatic carbocycles. The molecule has 1 aromatic heterocycles. The van der Waals surface area contributed by atoms with Crippen LogP contribution in [0.25, 0.3) is 0 Å². The molecule has 2 rings (SSSR count). The van der Waals surface area contributed by atoms with Crippen molar-refractivity contribution in [3.05, 3.63) is 48.0 Å². The zero-order valence-electron chi connectivity index (χ0n) is 19.5. The number of nitrogens with zero attached hydrogens (tertiary/aromatic N) is 1. The minimum absolute atomic E-state index is 0.0262. The van der Waals surface area contributed by atoms with E-state index < -0.39 is 66.9 Å². The Labute approximate surface area is 210 Å². The molecule has 200 valence electrons. The highest BCUT2D eigenvalue weighted by molar-refractivity contribution is 5.94. The molecule has 0 bridgehead atoms. The lowest BCUT2D eigenvalue weighted by Gasteiger charge is -2.24. The fourth-order valence-corrected chi connectivity index (χ4v) is 3.20. The summed E-state index contributed by atoms with van der Waals surface area (Å²) in [6.07, 6.45) is 1.95. The quantitative estimate of drug-likeness (QED) is 0.123. The number of H-pyrrole nitrogens is 1. The Hall–Kier alpha value is -4.50. The van der Waals surface area contributed by atoms with Gasteiger partial charge in [-0.3, -0.25) is 19.2 Å². The van der Waals surface area contributed by atoms with Crippen LogP contribution >= 0.6 is 0 Å². The maximum Gasteiger partial charge on any atom is 0.326 e. The first-order valence-corrected chi connectivity index (χ1v) is 11.0. The summed E-state index contributed by atoms with van der Waals surface area (Å²) in [5, 5.41) is 43.7. The Kier molecular flexibility index (Phi) is 10.5. The number of aromatic nitrogens is 2. The molecule has 37 heavy (non-hydrogen) atoms. The molecule has 2 aromatic rings. The first-order valence-electron chi connectivity index (χ1n) is 11.0. The van der Waals surface area contributed by atoms with E-state index in [0.717, 1.165) is 0 Å². The lowest BCUT2D eigenvalue weighted by atomic mass is 10.0. The van der Waals surface area contributed by atoms with Crippen molar-refractivity contribution in [2.24, 2.45) is 5.73 Å². The Balaban J connectivity index is 2.15. The van der Waals surface area contributed by atoms with Crippen LogP contribution in [-0.4, -0.2) is 90.8 Å². The number of phenolic OH excluding ortho intramolecular Hbond substituents is 1. The average molecular weight is 520 g/mol. The maximum absolute atomic E-state index is 13.0. The number of aromatic hydroxyl groups is 1. The zero-order chi connectivity index (χ0) is 27.5. The summed E-state index contributed by atoms with van der Waals surface area (Å²) in [6, 6.07) is -0.0632. The molecule has 1 aromatic carbocycles. The Morgan fingerprint density at radius 2 is 1.49 bits per heavy atom. The number of hydrogen-bond donors (Lipinski definition) is 9. The molecule has 0 saturated carbocycles. The van der Waals surface area contributed by atoms with Gasteiger partial charge in [-0.25, -0.2) is 9.78 Å². The van der Waals surface area contributed by atoms with E-state index in [4.69, 9.17) is 15.9 Å². The molecule has 3 amide bonds. The van der Waals surface area contributed by atoms with Gasteiger partial charge in [0.1, 0.15) is 23.9 Å². The predicted molar refractivity (Wildman–Crippen MR) is 125 cm³/mol. The SMILES string of the molecule is NC(Cc1cnc[nH]1)C(=O)NC(Cc1ccc(O)cc1)C(=O)NC(CO)C(=O)NC(CC(=O)O)C(=O)O. The third kappa shape index (κ3) is 9.23. The van der Waals surface area contributed by atoms with Gasteiger partial charge in [-0.05, 0) is 17.7 Å². The molecule has 15 nitrogen and oxygen atoms in total. The van der Waals surface area contributed by atoms with Crippen LogP contribution in [0.3, 0.4) is 0 Å². The molecule has 0 fully saturated rings. The van der Waals surface area contributed by atoms with Crippen LogP contribution in [0, 0.1) is 0 Å². The molecule has 4 unspecified atom stereocenters. The Morgan fingerprint density at radius 3 is 2.03 bits per heavy atom. The van der Waals surface area contributed by atoms with Crippen LogP contribution in [-0.2, 0) is 36.8 Å².